The zero-order valence-electron chi connectivity index (χ0n) is 12.6. The lowest BCUT2D eigenvalue weighted by molar-refractivity contribution is -0.133. The van der Waals surface area contributed by atoms with E-state index in [2.05, 4.69) is 15.9 Å². The number of benzene rings is 1. The molecule has 1 aliphatic rings. The summed E-state index contributed by atoms with van der Waals surface area (Å²) in [6.07, 6.45) is 2.96. The zero-order valence-corrected chi connectivity index (χ0v) is 14.2. The van der Waals surface area contributed by atoms with Crippen molar-refractivity contribution in [3.8, 4) is 5.75 Å². The Kier molecular flexibility index (Phi) is 5.65. The molecule has 0 aliphatic heterocycles. The van der Waals surface area contributed by atoms with Gasteiger partial charge in [-0.05, 0) is 60.7 Å². The molecule has 0 heterocycles. The summed E-state index contributed by atoms with van der Waals surface area (Å²) in [5.74, 6) is 0.789. The van der Waals surface area contributed by atoms with Crippen LogP contribution in [-0.2, 0) is 11.2 Å². The second-order valence-electron chi connectivity index (χ2n) is 5.61. The molecule has 1 saturated carbocycles. The molecule has 1 amide bonds. The molecule has 116 valence electrons. The van der Waals surface area contributed by atoms with Crippen LogP contribution in [0.5, 0.6) is 5.75 Å². The van der Waals surface area contributed by atoms with Gasteiger partial charge < -0.3 is 15.4 Å². The molecule has 1 fully saturated rings. The predicted octanol–water partition coefficient (Wildman–Crippen LogP) is 2.73. The highest BCUT2D eigenvalue weighted by molar-refractivity contribution is 9.10. The summed E-state index contributed by atoms with van der Waals surface area (Å²) in [6, 6.07) is 6.35. The molecule has 4 nitrogen and oxygen atoms in total. The summed E-state index contributed by atoms with van der Waals surface area (Å²) < 4.78 is 6.66. The third kappa shape index (κ3) is 4.45. The highest BCUT2D eigenvalue weighted by atomic mass is 79.9. The Morgan fingerprint density at radius 3 is 2.81 bits per heavy atom. The van der Waals surface area contributed by atoms with Gasteiger partial charge in [0.25, 0.3) is 5.91 Å². The molecular weight excluding hydrogens is 332 g/mol. The molecule has 0 aromatic heterocycles. The van der Waals surface area contributed by atoms with Gasteiger partial charge in [0, 0.05) is 18.6 Å². The minimum absolute atomic E-state index is 0.0518. The molecule has 1 atom stereocenters. The molecule has 5 heteroatoms. The largest absolute Gasteiger partial charge is 0.482 e. The summed E-state index contributed by atoms with van der Waals surface area (Å²) in [6.45, 7) is 4.80. The average Bonchev–Trinajstić information content (AvgIpc) is 3.23. The van der Waals surface area contributed by atoms with Crippen LogP contribution in [0.2, 0.25) is 0 Å². The second-order valence-corrected chi connectivity index (χ2v) is 6.46. The summed E-state index contributed by atoms with van der Waals surface area (Å²) in [4.78, 5) is 14.1. The molecule has 21 heavy (non-hydrogen) atoms. The van der Waals surface area contributed by atoms with Gasteiger partial charge in [0.05, 0.1) is 4.47 Å². The van der Waals surface area contributed by atoms with Crippen LogP contribution < -0.4 is 10.5 Å². The molecule has 1 unspecified atom stereocenters. The molecule has 1 aromatic carbocycles. The Bertz CT molecular complexity index is 501. The van der Waals surface area contributed by atoms with Gasteiger partial charge in [-0.3, -0.25) is 4.79 Å². The maximum absolute atomic E-state index is 12.2. The highest BCUT2D eigenvalue weighted by Gasteiger charge is 2.31. The van der Waals surface area contributed by atoms with E-state index in [1.807, 2.05) is 36.9 Å². The van der Waals surface area contributed by atoms with Crippen molar-refractivity contribution in [2.45, 2.75) is 45.2 Å². The van der Waals surface area contributed by atoms with Crippen LogP contribution in [0.25, 0.3) is 0 Å². The maximum atomic E-state index is 12.2. The van der Waals surface area contributed by atoms with Gasteiger partial charge in [0.2, 0.25) is 0 Å². The Morgan fingerprint density at radius 2 is 2.24 bits per heavy atom. The molecule has 0 bridgehead atoms. The smallest absolute Gasteiger partial charge is 0.260 e. The molecule has 1 aromatic rings. The molecule has 2 rings (SSSR count). The number of nitrogens with two attached hydrogens (primary N) is 1. The van der Waals surface area contributed by atoms with Gasteiger partial charge in [0.1, 0.15) is 5.75 Å². The zero-order chi connectivity index (χ0) is 15.4. The lowest BCUT2D eigenvalue weighted by atomic mass is 10.1. The number of halogens is 1. The Balaban J connectivity index is 2.03. The van der Waals surface area contributed by atoms with E-state index in [1.54, 1.807) is 0 Å². The molecule has 0 saturated heterocycles. The number of hydrogen-bond donors (Lipinski definition) is 1. The fourth-order valence-corrected chi connectivity index (χ4v) is 2.99. The second kappa shape index (κ2) is 7.27. The number of hydrogen-bond acceptors (Lipinski definition) is 3. The van der Waals surface area contributed by atoms with Crippen molar-refractivity contribution < 1.29 is 9.53 Å². The van der Waals surface area contributed by atoms with E-state index >= 15 is 0 Å². The number of carbonyl (C=O) groups is 1. The Labute approximate surface area is 134 Å². The molecular formula is C16H23BrN2O2. The van der Waals surface area contributed by atoms with Crippen LogP contribution in [0.15, 0.2) is 22.7 Å². The topological polar surface area (TPSA) is 55.6 Å². The van der Waals surface area contributed by atoms with Crippen molar-refractivity contribution in [1.82, 2.24) is 4.90 Å². The van der Waals surface area contributed by atoms with E-state index in [-0.39, 0.29) is 18.6 Å². The van der Waals surface area contributed by atoms with E-state index in [1.165, 1.54) is 0 Å². The minimum Gasteiger partial charge on any atom is -0.482 e. The van der Waals surface area contributed by atoms with Crippen LogP contribution >= 0.6 is 15.9 Å². The van der Waals surface area contributed by atoms with Crippen LogP contribution in [0.1, 0.15) is 32.3 Å². The minimum atomic E-state index is 0.0518. The van der Waals surface area contributed by atoms with Crippen molar-refractivity contribution in [3.63, 3.8) is 0 Å². The first-order valence-corrected chi connectivity index (χ1v) is 8.27. The number of para-hydroxylation sites is 1. The van der Waals surface area contributed by atoms with Gasteiger partial charge in [-0.2, -0.15) is 0 Å². The molecule has 1 aliphatic carbocycles. The van der Waals surface area contributed by atoms with Crippen molar-refractivity contribution in [3.05, 3.63) is 28.2 Å². The van der Waals surface area contributed by atoms with Gasteiger partial charge in [0.15, 0.2) is 6.61 Å². The van der Waals surface area contributed by atoms with Crippen molar-refractivity contribution in [2.24, 2.45) is 5.73 Å². The quantitative estimate of drug-likeness (QED) is 0.818. The number of likely N-dealkylation sites (N-methyl/N-ethyl adjacent to an activating group) is 1. The monoisotopic (exact) mass is 354 g/mol. The van der Waals surface area contributed by atoms with Crippen molar-refractivity contribution in [2.75, 3.05) is 13.2 Å². The first-order chi connectivity index (χ1) is 10.0. The van der Waals surface area contributed by atoms with E-state index in [0.717, 1.165) is 41.6 Å². The van der Waals surface area contributed by atoms with Gasteiger partial charge in [-0.1, -0.05) is 12.1 Å². The van der Waals surface area contributed by atoms with Gasteiger partial charge in [-0.25, -0.2) is 0 Å². The SMILES string of the molecule is CCN(C(=O)COc1c(Br)cccc1CC(C)N)C1CC1. The van der Waals surface area contributed by atoms with E-state index in [4.69, 9.17) is 10.5 Å². The third-order valence-electron chi connectivity index (χ3n) is 3.58. The Morgan fingerprint density at radius 1 is 1.52 bits per heavy atom. The number of nitrogens with zero attached hydrogens (tertiary/aromatic N) is 1. The standard InChI is InChI=1S/C16H23BrN2O2/c1-3-19(13-7-8-13)15(20)10-21-16-12(9-11(2)18)5-4-6-14(16)17/h4-6,11,13H,3,7-10,18H2,1-2H3. The molecule has 0 radical (unpaired) electrons. The first kappa shape index (κ1) is 16.3. The number of rotatable bonds is 7. The maximum Gasteiger partial charge on any atom is 0.260 e. The first-order valence-electron chi connectivity index (χ1n) is 7.48. The molecule has 0 spiro atoms. The summed E-state index contributed by atoms with van der Waals surface area (Å²) >= 11 is 3.49. The van der Waals surface area contributed by atoms with Crippen molar-refractivity contribution >= 4 is 21.8 Å². The van der Waals surface area contributed by atoms with E-state index < -0.39 is 0 Å². The van der Waals surface area contributed by atoms with Gasteiger partial charge >= 0.3 is 0 Å². The van der Waals surface area contributed by atoms with Crippen LogP contribution in [0.4, 0.5) is 0 Å². The van der Waals surface area contributed by atoms with Crippen LogP contribution in [-0.4, -0.2) is 36.0 Å². The lowest BCUT2D eigenvalue weighted by Gasteiger charge is -2.21. The normalized spacial score (nSPS) is 15.6. The lowest BCUT2D eigenvalue weighted by Crippen LogP contribution is -2.36. The van der Waals surface area contributed by atoms with Gasteiger partial charge in [-0.15, -0.1) is 0 Å². The number of amides is 1. The van der Waals surface area contributed by atoms with Crippen LogP contribution in [0, 0.1) is 0 Å². The predicted molar refractivity (Wildman–Crippen MR) is 87.4 cm³/mol. The average molecular weight is 355 g/mol. The fourth-order valence-electron chi connectivity index (χ4n) is 2.46. The summed E-state index contributed by atoms with van der Waals surface area (Å²) in [7, 11) is 0. The van der Waals surface area contributed by atoms with Crippen molar-refractivity contribution in [1.29, 1.82) is 0 Å². The van der Waals surface area contributed by atoms with E-state index in [9.17, 15) is 4.79 Å². The number of ether oxygens (including phenoxy) is 1. The Hall–Kier alpha value is -1.07. The third-order valence-corrected chi connectivity index (χ3v) is 4.20. The fraction of sp³-hybridized carbons (Fsp3) is 0.562. The highest BCUT2D eigenvalue weighted by Crippen LogP contribution is 2.31. The summed E-state index contributed by atoms with van der Waals surface area (Å²) in [5.41, 5.74) is 6.90. The molecule has 2 N–H and O–H groups in total. The van der Waals surface area contributed by atoms with Crippen LogP contribution in [0.3, 0.4) is 0 Å². The van der Waals surface area contributed by atoms with E-state index in [0.29, 0.717) is 6.04 Å². The number of carbonyl (C=O) groups excluding carboxylic acids is 1. The summed E-state index contributed by atoms with van der Waals surface area (Å²) in [5, 5.41) is 0.